The fourth-order valence-corrected chi connectivity index (χ4v) is 3.35. The molecular formula is C10H23N3O2S. The van der Waals surface area contributed by atoms with E-state index in [0.717, 1.165) is 25.9 Å². The highest BCUT2D eigenvalue weighted by molar-refractivity contribution is 7.86. The first-order chi connectivity index (χ1) is 7.37. The zero-order valence-corrected chi connectivity index (χ0v) is 11.4. The Kier molecular flexibility index (Phi) is 4.73. The molecular weight excluding hydrogens is 226 g/mol. The van der Waals surface area contributed by atoms with E-state index in [1.165, 1.54) is 8.61 Å². The van der Waals surface area contributed by atoms with Gasteiger partial charge < -0.3 is 5.32 Å². The van der Waals surface area contributed by atoms with E-state index >= 15 is 0 Å². The van der Waals surface area contributed by atoms with Crippen molar-refractivity contribution in [2.75, 3.05) is 27.2 Å². The van der Waals surface area contributed by atoms with Crippen LogP contribution in [0, 0.1) is 0 Å². The third kappa shape index (κ3) is 2.94. The van der Waals surface area contributed by atoms with Gasteiger partial charge in [-0.25, -0.2) is 0 Å². The first-order valence-corrected chi connectivity index (χ1v) is 7.18. The Balaban J connectivity index is 2.74. The van der Waals surface area contributed by atoms with Gasteiger partial charge in [-0.3, -0.25) is 0 Å². The smallest absolute Gasteiger partial charge is 0.281 e. The van der Waals surface area contributed by atoms with Gasteiger partial charge in [-0.1, -0.05) is 0 Å². The summed E-state index contributed by atoms with van der Waals surface area (Å²) >= 11 is 0. The van der Waals surface area contributed by atoms with Crippen LogP contribution in [0.5, 0.6) is 0 Å². The second-order valence-corrected chi connectivity index (χ2v) is 6.66. The lowest BCUT2D eigenvalue weighted by atomic mass is 10.1. The third-order valence-corrected chi connectivity index (χ3v) is 5.45. The fourth-order valence-electron chi connectivity index (χ4n) is 1.83. The molecule has 1 heterocycles. The van der Waals surface area contributed by atoms with Crippen molar-refractivity contribution in [3.63, 3.8) is 0 Å². The van der Waals surface area contributed by atoms with Gasteiger partial charge in [-0.2, -0.15) is 17.0 Å². The summed E-state index contributed by atoms with van der Waals surface area (Å²) in [6, 6.07) is 0.126. The van der Waals surface area contributed by atoms with Gasteiger partial charge in [-0.15, -0.1) is 0 Å². The van der Waals surface area contributed by atoms with Crippen molar-refractivity contribution >= 4 is 10.2 Å². The SMILES string of the molecule is CC(C)N(C)S(=O)(=O)N(C)C1CCNCC1. The molecule has 1 saturated heterocycles. The summed E-state index contributed by atoms with van der Waals surface area (Å²) in [6.45, 7) is 5.56. The van der Waals surface area contributed by atoms with Crippen LogP contribution in [0.15, 0.2) is 0 Å². The summed E-state index contributed by atoms with van der Waals surface area (Å²) in [5.41, 5.74) is 0. The van der Waals surface area contributed by atoms with Crippen molar-refractivity contribution in [1.82, 2.24) is 13.9 Å². The summed E-state index contributed by atoms with van der Waals surface area (Å²) < 4.78 is 27.4. The molecule has 6 heteroatoms. The molecule has 1 fully saturated rings. The van der Waals surface area contributed by atoms with Crippen LogP contribution in [-0.2, 0) is 10.2 Å². The Morgan fingerprint density at radius 2 is 1.69 bits per heavy atom. The van der Waals surface area contributed by atoms with Crippen LogP contribution in [0.1, 0.15) is 26.7 Å². The Morgan fingerprint density at radius 1 is 1.19 bits per heavy atom. The molecule has 1 N–H and O–H groups in total. The summed E-state index contributed by atoms with van der Waals surface area (Å²) in [7, 11) is 0.0222. The molecule has 5 nitrogen and oxygen atoms in total. The average Bonchev–Trinajstić information content (AvgIpc) is 2.28. The number of hydrogen-bond donors (Lipinski definition) is 1. The molecule has 1 aliphatic heterocycles. The molecule has 16 heavy (non-hydrogen) atoms. The van der Waals surface area contributed by atoms with Gasteiger partial charge in [0.05, 0.1) is 0 Å². The van der Waals surface area contributed by atoms with E-state index in [1.807, 2.05) is 13.8 Å². The normalized spacial score (nSPS) is 19.9. The van der Waals surface area contributed by atoms with Crippen LogP contribution in [0.25, 0.3) is 0 Å². The van der Waals surface area contributed by atoms with Gasteiger partial charge in [-0.05, 0) is 39.8 Å². The Hall–Kier alpha value is -0.170. The second kappa shape index (κ2) is 5.44. The molecule has 0 bridgehead atoms. The van der Waals surface area contributed by atoms with Crippen molar-refractivity contribution in [2.24, 2.45) is 0 Å². The van der Waals surface area contributed by atoms with E-state index in [1.54, 1.807) is 14.1 Å². The average molecular weight is 249 g/mol. The predicted molar refractivity (Wildman–Crippen MR) is 65.5 cm³/mol. The number of piperidine rings is 1. The van der Waals surface area contributed by atoms with Crippen LogP contribution in [0.3, 0.4) is 0 Å². The highest BCUT2D eigenvalue weighted by Crippen LogP contribution is 2.17. The van der Waals surface area contributed by atoms with Crippen molar-refractivity contribution in [2.45, 2.75) is 38.8 Å². The van der Waals surface area contributed by atoms with E-state index in [4.69, 9.17) is 0 Å². The first-order valence-electron chi connectivity index (χ1n) is 5.79. The Bertz CT molecular complexity index is 310. The molecule has 0 atom stereocenters. The molecule has 0 amide bonds. The molecule has 0 aliphatic carbocycles. The maximum Gasteiger partial charge on any atom is 0.281 e. The maximum atomic E-state index is 12.2. The van der Waals surface area contributed by atoms with Crippen LogP contribution in [0.4, 0.5) is 0 Å². The summed E-state index contributed by atoms with van der Waals surface area (Å²) in [4.78, 5) is 0. The minimum absolute atomic E-state index is 0.00540. The third-order valence-electron chi connectivity index (χ3n) is 3.28. The molecule has 0 aromatic heterocycles. The Morgan fingerprint density at radius 3 is 2.12 bits per heavy atom. The highest BCUT2D eigenvalue weighted by Gasteiger charge is 2.31. The van der Waals surface area contributed by atoms with Crippen LogP contribution >= 0.6 is 0 Å². The largest absolute Gasteiger partial charge is 0.317 e. The van der Waals surface area contributed by atoms with Gasteiger partial charge in [0, 0.05) is 26.2 Å². The van der Waals surface area contributed by atoms with Gasteiger partial charge >= 0.3 is 0 Å². The van der Waals surface area contributed by atoms with E-state index in [9.17, 15) is 8.42 Å². The minimum atomic E-state index is -3.30. The van der Waals surface area contributed by atoms with Crippen molar-refractivity contribution < 1.29 is 8.42 Å². The standard InChI is InChI=1S/C10H23N3O2S/c1-9(2)12(3)16(14,15)13(4)10-5-7-11-8-6-10/h9-11H,5-8H2,1-4H3. The Labute approximate surface area is 99.0 Å². The zero-order valence-electron chi connectivity index (χ0n) is 10.6. The molecule has 0 saturated carbocycles. The fraction of sp³-hybridized carbons (Fsp3) is 1.00. The number of nitrogens with one attached hydrogen (secondary N) is 1. The summed E-state index contributed by atoms with van der Waals surface area (Å²) in [5, 5.41) is 3.24. The molecule has 0 radical (unpaired) electrons. The molecule has 0 aromatic carbocycles. The lowest BCUT2D eigenvalue weighted by molar-refractivity contribution is 0.270. The monoisotopic (exact) mass is 249 g/mol. The molecule has 0 spiro atoms. The van der Waals surface area contributed by atoms with Crippen molar-refractivity contribution in [3.8, 4) is 0 Å². The lowest BCUT2D eigenvalue weighted by Gasteiger charge is -2.34. The highest BCUT2D eigenvalue weighted by atomic mass is 32.2. The van der Waals surface area contributed by atoms with E-state index in [2.05, 4.69) is 5.32 Å². The van der Waals surface area contributed by atoms with Gasteiger partial charge in [0.25, 0.3) is 10.2 Å². The van der Waals surface area contributed by atoms with Crippen LogP contribution < -0.4 is 5.32 Å². The van der Waals surface area contributed by atoms with E-state index < -0.39 is 10.2 Å². The van der Waals surface area contributed by atoms with Crippen LogP contribution in [0.2, 0.25) is 0 Å². The number of hydrogen-bond acceptors (Lipinski definition) is 3. The predicted octanol–water partition coefficient (Wildman–Crippen LogP) is 0.255. The molecule has 1 rings (SSSR count). The molecule has 1 aliphatic rings. The quantitative estimate of drug-likeness (QED) is 0.777. The molecule has 96 valence electrons. The van der Waals surface area contributed by atoms with E-state index in [0.29, 0.717) is 0 Å². The van der Waals surface area contributed by atoms with Gasteiger partial charge in [0.15, 0.2) is 0 Å². The second-order valence-electron chi connectivity index (χ2n) is 4.62. The van der Waals surface area contributed by atoms with Crippen molar-refractivity contribution in [1.29, 1.82) is 0 Å². The van der Waals surface area contributed by atoms with Gasteiger partial charge in [0.1, 0.15) is 0 Å². The summed E-state index contributed by atoms with van der Waals surface area (Å²) in [5.74, 6) is 0. The molecule has 0 aromatic rings. The van der Waals surface area contributed by atoms with Crippen LogP contribution in [-0.4, -0.2) is 56.3 Å². The lowest BCUT2D eigenvalue weighted by Crippen LogP contribution is -2.50. The van der Waals surface area contributed by atoms with Gasteiger partial charge in [0.2, 0.25) is 0 Å². The zero-order chi connectivity index (χ0) is 12.3. The minimum Gasteiger partial charge on any atom is -0.317 e. The maximum absolute atomic E-state index is 12.2. The molecule has 0 unspecified atom stereocenters. The number of rotatable bonds is 4. The first kappa shape index (κ1) is 13.9. The van der Waals surface area contributed by atoms with Crippen molar-refractivity contribution in [3.05, 3.63) is 0 Å². The summed E-state index contributed by atoms with van der Waals surface area (Å²) in [6.07, 6.45) is 1.78. The number of nitrogens with zero attached hydrogens (tertiary/aromatic N) is 2. The van der Waals surface area contributed by atoms with E-state index in [-0.39, 0.29) is 12.1 Å². The topological polar surface area (TPSA) is 52.7 Å².